The third-order valence-electron chi connectivity index (χ3n) is 4.20. The summed E-state index contributed by atoms with van der Waals surface area (Å²) in [5.74, 6) is 0. The number of rotatable bonds is 4. The summed E-state index contributed by atoms with van der Waals surface area (Å²) in [7, 11) is 0. The Morgan fingerprint density at radius 3 is 2.82 bits per heavy atom. The first-order valence-corrected chi connectivity index (χ1v) is 7.98. The molecular formula is C15H17N3O3S. The van der Waals surface area contributed by atoms with E-state index in [0.717, 1.165) is 36.3 Å². The van der Waals surface area contributed by atoms with Gasteiger partial charge in [0.25, 0.3) is 0 Å². The minimum Gasteiger partial charge on any atom is -0.395 e. The van der Waals surface area contributed by atoms with E-state index < -0.39 is 4.92 Å². The Morgan fingerprint density at radius 1 is 1.41 bits per heavy atom. The molecule has 0 saturated carbocycles. The number of benzene rings is 1. The summed E-state index contributed by atoms with van der Waals surface area (Å²) in [5, 5.41) is 21.5. The normalized spacial score (nSPS) is 21.8. The second kappa shape index (κ2) is 6.02. The van der Waals surface area contributed by atoms with Crippen LogP contribution in [0.25, 0.3) is 0 Å². The lowest BCUT2D eigenvalue weighted by Crippen LogP contribution is -2.48. The van der Waals surface area contributed by atoms with E-state index in [1.165, 1.54) is 6.20 Å². The van der Waals surface area contributed by atoms with Crippen LogP contribution in [0, 0.1) is 10.1 Å². The number of aliphatic hydroxyl groups excluding tert-OH is 1. The average Bonchev–Trinajstić information content (AvgIpc) is 3.06. The molecule has 116 valence electrons. The highest BCUT2D eigenvalue weighted by Gasteiger charge is 2.37. The first kappa shape index (κ1) is 14.9. The van der Waals surface area contributed by atoms with Gasteiger partial charge in [0, 0.05) is 18.5 Å². The van der Waals surface area contributed by atoms with Crippen LogP contribution in [0.15, 0.2) is 36.5 Å². The molecule has 1 N–H and O–H groups in total. The predicted octanol–water partition coefficient (Wildman–Crippen LogP) is 2.58. The highest BCUT2D eigenvalue weighted by atomic mass is 32.1. The van der Waals surface area contributed by atoms with Crippen LogP contribution in [0.5, 0.6) is 0 Å². The minimum atomic E-state index is -0.415. The Hall–Kier alpha value is -1.99. The molecule has 0 bridgehead atoms. The third kappa shape index (κ3) is 2.69. The number of nitrogens with zero attached hydrogens (tertiary/aromatic N) is 3. The summed E-state index contributed by atoms with van der Waals surface area (Å²) in [6, 6.07) is 9.97. The average molecular weight is 319 g/mol. The standard InChI is InChI=1S/C15H17N3O3S/c19-11-15(12-5-2-1-3-6-12)7-4-8-17(10-15)14-16-9-13(22-14)18(20)21/h1-3,5-6,9,19H,4,7-8,10-11H2/t15-/m1/s1. The fourth-order valence-electron chi connectivity index (χ4n) is 3.03. The summed E-state index contributed by atoms with van der Waals surface area (Å²) < 4.78 is 0. The quantitative estimate of drug-likeness (QED) is 0.692. The van der Waals surface area contributed by atoms with Gasteiger partial charge in [0.05, 0.1) is 11.5 Å². The van der Waals surface area contributed by atoms with E-state index in [1.54, 1.807) is 0 Å². The van der Waals surface area contributed by atoms with Gasteiger partial charge in [0.1, 0.15) is 6.20 Å². The Labute approximate surface area is 132 Å². The zero-order valence-corrected chi connectivity index (χ0v) is 12.8. The summed E-state index contributed by atoms with van der Waals surface area (Å²) in [6.07, 6.45) is 3.12. The van der Waals surface area contributed by atoms with Crippen molar-refractivity contribution in [2.75, 3.05) is 24.6 Å². The summed E-state index contributed by atoms with van der Waals surface area (Å²) in [5.41, 5.74) is 0.771. The molecule has 0 aliphatic carbocycles. The molecule has 0 unspecified atom stereocenters. The van der Waals surface area contributed by atoms with Crippen LogP contribution in [0.1, 0.15) is 18.4 Å². The molecule has 22 heavy (non-hydrogen) atoms. The molecule has 7 heteroatoms. The maximum absolute atomic E-state index is 10.8. The van der Waals surface area contributed by atoms with Crippen molar-refractivity contribution in [3.05, 3.63) is 52.2 Å². The highest BCUT2D eigenvalue weighted by Crippen LogP contribution is 2.37. The van der Waals surface area contributed by atoms with Crippen molar-refractivity contribution >= 4 is 21.5 Å². The fourth-order valence-corrected chi connectivity index (χ4v) is 3.79. The van der Waals surface area contributed by atoms with Crippen LogP contribution < -0.4 is 4.90 Å². The smallest absolute Gasteiger partial charge is 0.345 e. The van der Waals surface area contributed by atoms with E-state index >= 15 is 0 Å². The molecule has 0 amide bonds. The van der Waals surface area contributed by atoms with Gasteiger partial charge in [-0.05, 0) is 29.7 Å². The molecule has 6 nitrogen and oxygen atoms in total. The molecule has 2 aromatic rings. The lowest BCUT2D eigenvalue weighted by Gasteiger charge is -2.42. The Balaban J connectivity index is 1.87. The molecule has 0 spiro atoms. The van der Waals surface area contributed by atoms with Gasteiger partial charge in [0.2, 0.25) is 0 Å². The van der Waals surface area contributed by atoms with E-state index in [0.29, 0.717) is 11.7 Å². The third-order valence-corrected chi connectivity index (χ3v) is 5.21. The van der Waals surface area contributed by atoms with E-state index in [-0.39, 0.29) is 17.0 Å². The Bertz CT molecular complexity index is 661. The van der Waals surface area contributed by atoms with Gasteiger partial charge in [-0.3, -0.25) is 10.1 Å². The number of hydrogen-bond donors (Lipinski definition) is 1. The molecule has 1 aromatic carbocycles. The van der Waals surface area contributed by atoms with Crippen LogP contribution in [0.3, 0.4) is 0 Å². The van der Waals surface area contributed by atoms with E-state index in [9.17, 15) is 15.2 Å². The molecule has 1 aliphatic rings. The number of thiazole rings is 1. The van der Waals surface area contributed by atoms with Crippen LogP contribution >= 0.6 is 11.3 Å². The zero-order valence-electron chi connectivity index (χ0n) is 12.0. The second-order valence-electron chi connectivity index (χ2n) is 5.57. The molecule has 1 aromatic heterocycles. The number of piperidine rings is 1. The van der Waals surface area contributed by atoms with Crippen molar-refractivity contribution in [2.24, 2.45) is 0 Å². The first-order chi connectivity index (χ1) is 10.6. The van der Waals surface area contributed by atoms with Crippen molar-refractivity contribution in [3.8, 4) is 0 Å². The largest absolute Gasteiger partial charge is 0.395 e. The molecule has 1 fully saturated rings. The number of hydrogen-bond acceptors (Lipinski definition) is 6. The monoisotopic (exact) mass is 319 g/mol. The van der Waals surface area contributed by atoms with Gasteiger partial charge in [-0.25, -0.2) is 4.98 Å². The topological polar surface area (TPSA) is 79.5 Å². The molecule has 1 aliphatic heterocycles. The summed E-state index contributed by atoms with van der Waals surface area (Å²) in [4.78, 5) is 16.6. The zero-order chi connectivity index (χ0) is 15.6. The van der Waals surface area contributed by atoms with Crippen LogP contribution in [-0.4, -0.2) is 34.7 Å². The van der Waals surface area contributed by atoms with Gasteiger partial charge in [0.15, 0.2) is 5.13 Å². The molecule has 2 heterocycles. The van der Waals surface area contributed by atoms with Crippen molar-refractivity contribution < 1.29 is 10.0 Å². The van der Waals surface area contributed by atoms with Crippen molar-refractivity contribution in [2.45, 2.75) is 18.3 Å². The molecule has 1 atom stereocenters. The predicted molar refractivity (Wildman–Crippen MR) is 85.4 cm³/mol. The molecule has 0 radical (unpaired) electrons. The van der Waals surface area contributed by atoms with E-state index in [1.807, 2.05) is 35.2 Å². The van der Waals surface area contributed by atoms with Crippen molar-refractivity contribution in [1.29, 1.82) is 0 Å². The maximum atomic E-state index is 10.8. The number of nitro groups is 1. The highest BCUT2D eigenvalue weighted by molar-refractivity contribution is 7.18. The molecule has 1 saturated heterocycles. The molecular weight excluding hydrogens is 302 g/mol. The second-order valence-corrected chi connectivity index (χ2v) is 6.56. The van der Waals surface area contributed by atoms with Crippen molar-refractivity contribution in [1.82, 2.24) is 4.98 Å². The number of anilines is 1. The SMILES string of the molecule is O=[N+]([O-])c1cnc(N2CCC[C@@](CO)(c3ccccc3)C2)s1. The van der Waals surface area contributed by atoms with E-state index in [2.05, 4.69) is 4.98 Å². The van der Waals surface area contributed by atoms with Gasteiger partial charge in [-0.2, -0.15) is 0 Å². The fraction of sp³-hybridized carbons (Fsp3) is 0.400. The van der Waals surface area contributed by atoms with E-state index in [4.69, 9.17) is 0 Å². The van der Waals surface area contributed by atoms with Crippen LogP contribution in [0.2, 0.25) is 0 Å². The lowest BCUT2D eigenvalue weighted by atomic mass is 9.75. The van der Waals surface area contributed by atoms with Crippen LogP contribution in [-0.2, 0) is 5.41 Å². The number of aromatic nitrogens is 1. The minimum absolute atomic E-state index is 0.0508. The molecule has 3 rings (SSSR count). The lowest BCUT2D eigenvalue weighted by molar-refractivity contribution is -0.380. The number of aliphatic hydroxyl groups is 1. The first-order valence-electron chi connectivity index (χ1n) is 7.16. The Kier molecular flexibility index (Phi) is 4.08. The van der Waals surface area contributed by atoms with Gasteiger partial charge in [-0.1, -0.05) is 30.3 Å². The van der Waals surface area contributed by atoms with Gasteiger partial charge >= 0.3 is 5.00 Å². The van der Waals surface area contributed by atoms with Gasteiger partial charge in [-0.15, -0.1) is 0 Å². The van der Waals surface area contributed by atoms with Crippen LogP contribution in [0.4, 0.5) is 10.1 Å². The van der Waals surface area contributed by atoms with Gasteiger partial charge < -0.3 is 10.0 Å². The summed E-state index contributed by atoms with van der Waals surface area (Å²) in [6.45, 7) is 1.48. The van der Waals surface area contributed by atoms with Crippen molar-refractivity contribution in [3.63, 3.8) is 0 Å². The Morgan fingerprint density at radius 2 is 2.18 bits per heavy atom. The summed E-state index contributed by atoms with van der Waals surface area (Å²) >= 11 is 1.09. The maximum Gasteiger partial charge on any atom is 0.345 e.